The Morgan fingerprint density at radius 2 is 1.79 bits per heavy atom. The van der Waals surface area contributed by atoms with Crippen LogP contribution >= 0.6 is 0 Å². The van der Waals surface area contributed by atoms with Crippen LogP contribution in [0.25, 0.3) is 0 Å². The van der Waals surface area contributed by atoms with E-state index in [2.05, 4.69) is 22.2 Å². The smallest absolute Gasteiger partial charge is 0.0204 e. The van der Waals surface area contributed by atoms with E-state index in [1.54, 1.807) is 0 Å². The summed E-state index contributed by atoms with van der Waals surface area (Å²) < 4.78 is 0. The lowest BCUT2D eigenvalue weighted by Gasteiger charge is -2.20. The Bertz CT molecular complexity index is 166. The molecule has 3 nitrogen and oxygen atoms in total. The molecule has 2 heterocycles. The second kappa shape index (κ2) is 5.10. The number of nitrogens with zero attached hydrogens (tertiary/aromatic N) is 2. The van der Waals surface area contributed by atoms with Crippen molar-refractivity contribution < 1.29 is 0 Å². The molecule has 1 unspecified atom stereocenters. The SMILES string of the molecule is CNC1CCN(CCN2CCCC2)C1. The summed E-state index contributed by atoms with van der Waals surface area (Å²) in [6.07, 6.45) is 4.16. The molecule has 2 saturated heterocycles. The van der Waals surface area contributed by atoms with E-state index in [0.29, 0.717) is 0 Å². The molecule has 14 heavy (non-hydrogen) atoms. The van der Waals surface area contributed by atoms with Crippen LogP contribution in [0.2, 0.25) is 0 Å². The fourth-order valence-corrected chi connectivity index (χ4v) is 2.56. The predicted molar refractivity (Wildman–Crippen MR) is 59.6 cm³/mol. The second-order valence-corrected chi connectivity index (χ2v) is 4.62. The van der Waals surface area contributed by atoms with Gasteiger partial charge in [-0.2, -0.15) is 0 Å². The van der Waals surface area contributed by atoms with Gasteiger partial charge in [0.2, 0.25) is 0 Å². The van der Waals surface area contributed by atoms with E-state index in [-0.39, 0.29) is 0 Å². The van der Waals surface area contributed by atoms with Crippen molar-refractivity contribution >= 4 is 0 Å². The van der Waals surface area contributed by atoms with Gasteiger partial charge >= 0.3 is 0 Å². The van der Waals surface area contributed by atoms with Crippen molar-refractivity contribution in [2.45, 2.75) is 25.3 Å². The molecule has 3 heteroatoms. The van der Waals surface area contributed by atoms with Crippen molar-refractivity contribution in [3.8, 4) is 0 Å². The minimum Gasteiger partial charge on any atom is -0.316 e. The summed E-state index contributed by atoms with van der Waals surface area (Å²) in [6, 6.07) is 0.744. The van der Waals surface area contributed by atoms with Crippen LogP contribution in [0.1, 0.15) is 19.3 Å². The highest BCUT2D eigenvalue weighted by Crippen LogP contribution is 2.10. The molecule has 0 saturated carbocycles. The number of hydrogen-bond acceptors (Lipinski definition) is 3. The fraction of sp³-hybridized carbons (Fsp3) is 1.00. The molecule has 0 radical (unpaired) electrons. The molecule has 0 aromatic heterocycles. The monoisotopic (exact) mass is 197 g/mol. The Labute approximate surface area is 87.4 Å². The van der Waals surface area contributed by atoms with Gasteiger partial charge in [-0.25, -0.2) is 0 Å². The molecule has 0 bridgehead atoms. The largest absolute Gasteiger partial charge is 0.316 e. The first-order valence-corrected chi connectivity index (χ1v) is 6.00. The van der Waals surface area contributed by atoms with Gasteiger partial charge in [-0.3, -0.25) is 0 Å². The normalized spacial score (nSPS) is 30.2. The van der Waals surface area contributed by atoms with Crippen LogP contribution in [-0.2, 0) is 0 Å². The van der Waals surface area contributed by atoms with Gasteiger partial charge < -0.3 is 15.1 Å². The first-order chi connectivity index (χ1) is 6.88. The van der Waals surface area contributed by atoms with Crippen molar-refractivity contribution in [2.24, 2.45) is 0 Å². The lowest BCUT2D eigenvalue weighted by Crippen LogP contribution is -2.35. The fourth-order valence-electron chi connectivity index (χ4n) is 2.56. The standard InChI is InChI=1S/C11H23N3/c1-12-11-4-7-14(10-11)9-8-13-5-2-3-6-13/h11-12H,2-10H2,1H3. The molecular formula is C11H23N3. The molecule has 1 atom stereocenters. The molecule has 0 aromatic carbocycles. The molecule has 0 amide bonds. The van der Waals surface area contributed by atoms with E-state index in [1.807, 2.05) is 0 Å². The Morgan fingerprint density at radius 1 is 1.07 bits per heavy atom. The van der Waals surface area contributed by atoms with Gasteiger partial charge in [0.25, 0.3) is 0 Å². The van der Waals surface area contributed by atoms with E-state index >= 15 is 0 Å². The van der Waals surface area contributed by atoms with Crippen LogP contribution in [0.4, 0.5) is 0 Å². The lowest BCUT2D eigenvalue weighted by atomic mass is 10.3. The molecule has 0 aromatic rings. The third kappa shape index (κ3) is 2.69. The van der Waals surface area contributed by atoms with Crippen LogP contribution in [0.5, 0.6) is 0 Å². The molecule has 82 valence electrons. The van der Waals surface area contributed by atoms with E-state index in [0.717, 1.165) is 6.04 Å². The van der Waals surface area contributed by atoms with Crippen molar-refractivity contribution in [3.63, 3.8) is 0 Å². The second-order valence-electron chi connectivity index (χ2n) is 4.62. The van der Waals surface area contributed by atoms with Crippen molar-refractivity contribution in [2.75, 3.05) is 46.3 Å². The summed E-state index contributed by atoms with van der Waals surface area (Å²) in [4.78, 5) is 5.20. The third-order valence-corrected chi connectivity index (χ3v) is 3.61. The van der Waals surface area contributed by atoms with Gasteiger partial charge in [-0.1, -0.05) is 0 Å². The van der Waals surface area contributed by atoms with E-state index in [9.17, 15) is 0 Å². The number of nitrogens with one attached hydrogen (secondary N) is 1. The van der Waals surface area contributed by atoms with Crippen LogP contribution in [0.15, 0.2) is 0 Å². The van der Waals surface area contributed by atoms with Crippen LogP contribution in [0.3, 0.4) is 0 Å². The molecule has 2 fully saturated rings. The Balaban J connectivity index is 1.61. The Kier molecular flexibility index (Phi) is 3.79. The Hall–Kier alpha value is -0.120. The zero-order valence-electron chi connectivity index (χ0n) is 9.34. The minimum atomic E-state index is 0.744. The maximum absolute atomic E-state index is 3.37. The van der Waals surface area contributed by atoms with E-state index in [4.69, 9.17) is 0 Å². The van der Waals surface area contributed by atoms with Gasteiger partial charge in [0.1, 0.15) is 0 Å². The van der Waals surface area contributed by atoms with Crippen LogP contribution in [0, 0.1) is 0 Å². The zero-order chi connectivity index (χ0) is 9.80. The quantitative estimate of drug-likeness (QED) is 0.703. The maximum Gasteiger partial charge on any atom is 0.0204 e. The third-order valence-electron chi connectivity index (χ3n) is 3.61. The average Bonchev–Trinajstić information content (AvgIpc) is 2.86. The number of hydrogen-bond donors (Lipinski definition) is 1. The van der Waals surface area contributed by atoms with Gasteiger partial charge in [0.15, 0.2) is 0 Å². The first-order valence-electron chi connectivity index (χ1n) is 6.00. The number of likely N-dealkylation sites (tertiary alicyclic amines) is 2. The highest BCUT2D eigenvalue weighted by molar-refractivity contribution is 4.80. The lowest BCUT2D eigenvalue weighted by molar-refractivity contribution is 0.254. The summed E-state index contributed by atoms with van der Waals surface area (Å²) in [7, 11) is 2.08. The first kappa shape index (κ1) is 10.4. The molecular weight excluding hydrogens is 174 g/mol. The van der Waals surface area contributed by atoms with Gasteiger partial charge in [-0.05, 0) is 45.9 Å². The molecule has 2 aliphatic rings. The van der Waals surface area contributed by atoms with Gasteiger partial charge in [0.05, 0.1) is 0 Å². The zero-order valence-corrected chi connectivity index (χ0v) is 9.34. The summed E-state index contributed by atoms with van der Waals surface area (Å²) in [6.45, 7) is 7.78. The van der Waals surface area contributed by atoms with Crippen molar-refractivity contribution in [1.29, 1.82) is 0 Å². The van der Waals surface area contributed by atoms with Crippen molar-refractivity contribution in [1.82, 2.24) is 15.1 Å². The number of likely N-dealkylation sites (N-methyl/N-ethyl adjacent to an activating group) is 1. The predicted octanol–water partition coefficient (Wildman–Crippen LogP) is 0.376. The van der Waals surface area contributed by atoms with Gasteiger partial charge in [-0.15, -0.1) is 0 Å². The van der Waals surface area contributed by atoms with Crippen LogP contribution < -0.4 is 5.32 Å². The summed E-state index contributed by atoms with van der Waals surface area (Å²) >= 11 is 0. The van der Waals surface area contributed by atoms with E-state index < -0.39 is 0 Å². The molecule has 2 aliphatic heterocycles. The molecule has 0 aliphatic carbocycles. The minimum absolute atomic E-state index is 0.744. The summed E-state index contributed by atoms with van der Waals surface area (Å²) in [5.74, 6) is 0. The topological polar surface area (TPSA) is 18.5 Å². The van der Waals surface area contributed by atoms with E-state index in [1.165, 1.54) is 58.5 Å². The molecule has 1 N–H and O–H groups in total. The molecule has 0 spiro atoms. The summed E-state index contributed by atoms with van der Waals surface area (Å²) in [5.41, 5.74) is 0. The van der Waals surface area contributed by atoms with Crippen molar-refractivity contribution in [3.05, 3.63) is 0 Å². The number of rotatable bonds is 4. The van der Waals surface area contributed by atoms with Crippen LogP contribution in [-0.4, -0.2) is 62.2 Å². The highest BCUT2D eigenvalue weighted by Gasteiger charge is 2.21. The highest BCUT2D eigenvalue weighted by atomic mass is 15.2. The Morgan fingerprint density at radius 3 is 2.43 bits per heavy atom. The van der Waals surface area contributed by atoms with Gasteiger partial charge in [0, 0.05) is 25.7 Å². The average molecular weight is 197 g/mol. The molecule has 2 rings (SSSR count). The summed E-state index contributed by atoms with van der Waals surface area (Å²) in [5, 5.41) is 3.37. The maximum atomic E-state index is 3.37.